The Morgan fingerprint density at radius 2 is 2.00 bits per heavy atom. The molecule has 1 aliphatic heterocycles. The predicted octanol–water partition coefficient (Wildman–Crippen LogP) is 3.71. The summed E-state index contributed by atoms with van der Waals surface area (Å²) in [6.45, 7) is 5.91. The van der Waals surface area contributed by atoms with Crippen LogP contribution in [0, 0.1) is 0 Å². The fourth-order valence-electron chi connectivity index (χ4n) is 2.46. The van der Waals surface area contributed by atoms with Gasteiger partial charge in [-0.05, 0) is 39.7 Å². The number of allylic oxidation sites excluding steroid dienone is 2. The number of carboxylic acids is 1. The molecule has 22 heavy (non-hydrogen) atoms. The van der Waals surface area contributed by atoms with Crippen LogP contribution in [0.15, 0.2) is 23.8 Å². The lowest BCUT2D eigenvalue weighted by Gasteiger charge is -2.32. The summed E-state index contributed by atoms with van der Waals surface area (Å²) >= 11 is 0. The van der Waals surface area contributed by atoms with Gasteiger partial charge in [0, 0.05) is 11.6 Å². The molecule has 1 heterocycles. The zero-order valence-electron chi connectivity index (χ0n) is 12.9. The van der Waals surface area contributed by atoms with Crippen molar-refractivity contribution in [2.75, 3.05) is 0 Å². The van der Waals surface area contributed by atoms with E-state index in [1.54, 1.807) is 12.2 Å². The standard InChI is InChI=1S/C17H20O5/c1-10(2)5-4-7-17(3)8-6-11-14(16(20)21)12(18)9-13(19)15(11)22-17/h5-6,8-9,18-19H,4,7H2,1-3H3,(H,20,21). The molecule has 2 rings (SSSR count). The number of rotatable bonds is 4. The number of hydrogen-bond acceptors (Lipinski definition) is 4. The monoisotopic (exact) mass is 304 g/mol. The van der Waals surface area contributed by atoms with E-state index in [1.165, 1.54) is 5.57 Å². The summed E-state index contributed by atoms with van der Waals surface area (Å²) in [4.78, 5) is 11.3. The number of benzene rings is 1. The molecule has 5 nitrogen and oxygen atoms in total. The van der Waals surface area contributed by atoms with Crippen molar-refractivity contribution in [2.24, 2.45) is 0 Å². The van der Waals surface area contributed by atoms with E-state index in [-0.39, 0.29) is 22.6 Å². The molecule has 118 valence electrons. The molecule has 0 bridgehead atoms. The van der Waals surface area contributed by atoms with Gasteiger partial charge in [-0.3, -0.25) is 0 Å². The minimum atomic E-state index is -1.27. The first-order valence-electron chi connectivity index (χ1n) is 7.07. The molecule has 0 saturated carbocycles. The molecule has 1 aliphatic rings. The second-order valence-corrected chi connectivity index (χ2v) is 5.91. The molecule has 0 spiro atoms. The van der Waals surface area contributed by atoms with Crippen molar-refractivity contribution >= 4 is 12.0 Å². The minimum Gasteiger partial charge on any atom is -0.507 e. The van der Waals surface area contributed by atoms with Gasteiger partial charge in [-0.15, -0.1) is 0 Å². The first-order chi connectivity index (χ1) is 10.2. The van der Waals surface area contributed by atoms with Crippen molar-refractivity contribution in [1.82, 2.24) is 0 Å². The van der Waals surface area contributed by atoms with Crippen LogP contribution < -0.4 is 4.74 Å². The molecule has 1 aromatic rings. The van der Waals surface area contributed by atoms with Crippen molar-refractivity contribution in [3.63, 3.8) is 0 Å². The van der Waals surface area contributed by atoms with Crippen molar-refractivity contribution in [3.8, 4) is 17.2 Å². The zero-order valence-corrected chi connectivity index (χ0v) is 12.9. The number of phenols is 2. The van der Waals surface area contributed by atoms with E-state index < -0.39 is 17.3 Å². The fraction of sp³-hybridized carbons (Fsp3) is 0.353. The van der Waals surface area contributed by atoms with E-state index in [2.05, 4.69) is 6.08 Å². The first kappa shape index (κ1) is 15.9. The second-order valence-electron chi connectivity index (χ2n) is 5.91. The summed E-state index contributed by atoms with van der Waals surface area (Å²) in [6, 6.07) is 0.998. The smallest absolute Gasteiger partial charge is 0.340 e. The van der Waals surface area contributed by atoms with Gasteiger partial charge < -0.3 is 20.1 Å². The molecular weight excluding hydrogens is 284 g/mol. The summed E-state index contributed by atoms with van der Waals surface area (Å²) in [5.41, 5.74) is 0.494. The average Bonchev–Trinajstić information content (AvgIpc) is 2.39. The van der Waals surface area contributed by atoms with Crippen LogP contribution in [0.1, 0.15) is 49.5 Å². The topological polar surface area (TPSA) is 87.0 Å². The summed E-state index contributed by atoms with van der Waals surface area (Å²) < 4.78 is 5.84. The number of carboxylic acid groups (broad SMARTS) is 1. The van der Waals surface area contributed by atoms with Crippen LogP contribution in [0.3, 0.4) is 0 Å². The number of aromatic carboxylic acids is 1. The van der Waals surface area contributed by atoms with Crippen LogP contribution in [0.2, 0.25) is 0 Å². The van der Waals surface area contributed by atoms with Crippen molar-refractivity contribution < 1.29 is 24.9 Å². The summed E-state index contributed by atoms with van der Waals surface area (Å²) in [6.07, 6.45) is 6.95. The van der Waals surface area contributed by atoms with Gasteiger partial charge in [-0.1, -0.05) is 17.7 Å². The van der Waals surface area contributed by atoms with Crippen LogP contribution >= 0.6 is 0 Å². The van der Waals surface area contributed by atoms with Crippen LogP contribution in [-0.2, 0) is 0 Å². The van der Waals surface area contributed by atoms with Gasteiger partial charge in [0.2, 0.25) is 0 Å². The van der Waals surface area contributed by atoms with E-state index in [0.29, 0.717) is 6.42 Å². The molecule has 3 N–H and O–H groups in total. The van der Waals surface area contributed by atoms with Crippen LogP contribution in [-0.4, -0.2) is 26.9 Å². The molecular formula is C17H20O5. The number of ether oxygens (including phenoxy) is 1. The van der Waals surface area contributed by atoms with E-state index in [1.807, 2.05) is 20.8 Å². The van der Waals surface area contributed by atoms with Gasteiger partial charge in [0.25, 0.3) is 0 Å². The maximum absolute atomic E-state index is 11.3. The highest BCUT2D eigenvalue weighted by Gasteiger charge is 2.32. The van der Waals surface area contributed by atoms with E-state index >= 15 is 0 Å². The molecule has 0 fully saturated rings. The Balaban J connectivity index is 2.38. The number of phenolic OH excluding ortho intramolecular Hbond substituents is 1. The van der Waals surface area contributed by atoms with Crippen molar-refractivity contribution in [1.29, 1.82) is 0 Å². The quantitative estimate of drug-likeness (QED) is 0.738. The number of hydrogen-bond donors (Lipinski definition) is 3. The Labute approximate surface area is 129 Å². The zero-order chi connectivity index (χ0) is 16.5. The Morgan fingerprint density at radius 1 is 1.32 bits per heavy atom. The lowest BCUT2D eigenvalue weighted by Crippen LogP contribution is -2.32. The third-order valence-electron chi connectivity index (χ3n) is 3.62. The molecule has 1 atom stereocenters. The number of aromatic hydroxyl groups is 2. The van der Waals surface area contributed by atoms with E-state index in [0.717, 1.165) is 12.5 Å². The molecule has 1 unspecified atom stereocenters. The summed E-state index contributed by atoms with van der Waals surface area (Å²) in [5.74, 6) is -1.92. The third-order valence-corrected chi connectivity index (χ3v) is 3.62. The van der Waals surface area contributed by atoms with E-state index in [9.17, 15) is 20.1 Å². The van der Waals surface area contributed by atoms with Crippen LogP contribution in [0.25, 0.3) is 6.08 Å². The summed E-state index contributed by atoms with van der Waals surface area (Å²) in [7, 11) is 0. The molecule has 0 radical (unpaired) electrons. The second kappa shape index (κ2) is 5.75. The Bertz CT molecular complexity index is 668. The highest BCUT2D eigenvalue weighted by molar-refractivity contribution is 5.97. The Hall–Kier alpha value is -2.43. The van der Waals surface area contributed by atoms with Gasteiger partial charge in [-0.25, -0.2) is 4.79 Å². The van der Waals surface area contributed by atoms with Gasteiger partial charge in [-0.2, -0.15) is 0 Å². The van der Waals surface area contributed by atoms with Gasteiger partial charge in [0.15, 0.2) is 11.5 Å². The van der Waals surface area contributed by atoms with Crippen molar-refractivity contribution in [3.05, 3.63) is 34.9 Å². The molecule has 0 amide bonds. The fourth-order valence-corrected chi connectivity index (χ4v) is 2.46. The lowest BCUT2D eigenvalue weighted by atomic mass is 9.92. The average molecular weight is 304 g/mol. The normalized spacial score (nSPS) is 19.2. The summed E-state index contributed by atoms with van der Waals surface area (Å²) in [5, 5.41) is 28.9. The number of fused-ring (bicyclic) bond motifs is 1. The third kappa shape index (κ3) is 3.08. The largest absolute Gasteiger partial charge is 0.507 e. The molecule has 0 aromatic heterocycles. The highest BCUT2D eigenvalue weighted by atomic mass is 16.5. The number of carbonyl (C=O) groups is 1. The van der Waals surface area contributed by atoms with E-state index in [4.69, 9.17) is 4.74 Å². The molecule has 1 aromatic carbocycles. The van der Waals surface area contributed by atoms with Crippen LogP contribution in [0.4, 0.5) is 0 Å². The predicted molar refractivity (Wildman–Crippen MR) is 83.5 cm³/mol. The maximum atomic E-state index is 11.3. The molecule has 0 aliphatic carbocycles. The molecule has 5 heteroatoms. The highest BCUT2D eigenvalue weighted by Crippen LogP contribution is 2.44. The lowest BCUT2D eigenvalue weighted by molar-refractivity contribution is 0.0690. The minimum absolute atomic E-state index is 0.0948. The Kier molecular flexibility index (Phi) is 4.17. The van der Waals surface area contributed by atoms with Gasteiger partial charge >= 0.3 is 5.97 Å². The van der Waals surface area contributed by atoms with Gasteiger partial charge in [0.1, 0.15) is 16.9 Å². The maximum Gasteiger partial charge on any atom is 0.340 e. The Morgan fingerprint density at radius 3 is 2.59 bits per heavy atom. The van der Waals surface area contributed by atoms with Gasteiger partial charge in [0.05, 0.1) is 0 Å². The first-order valence-corrected chi connectivity index (χ1v) is 7.07. The molecule has 0 saturated heterocycles. The van der Waals surface area contributed by atoms with Crippen LogP contribution in [0.5, 0.6) is 17.2 Å². The van der Waals surface area contributed by atoms with Crippen molar-refractivity contribution in [2.45, 2.75) is 39.2 Å². The SMILES string of the molecule is CC(C)=CCCC1(C)C=Cc2c(c(O)cc(O)c2C(=O)O)O1.